The molecule has 2 aromatic rings. The molecule has 1 saturated carbocycles. The van der Waals surface area contributed by atoms with Crippen molar-refractivity contribution >= 4 is 16.0 Å². The van der Waals surface area contributed by atoms with Crippen molar-refractivity contribution in [1.82, 2.24) is 14.1 Å². The van der Waals surface area contributed by atoms with Crippen LogP contribution < -0.4 is 5.73 Å². The fourth-order valence-corrected chi connectivity index (χ4v) is 6.15. The first-order valence-electron chi connectivity index (χ1n) is 11.9. The molecule has 1 saturated heterocycles. The van der Waals surface area contributed by atoms with Gasteiger partial charge in [0.1, 0.15) is 11.9 Å². The molecule has 0 radical (unpaired) electrons. The highest BCUT2D eigenvalue weighted by atomic mass is 32.2. The van der Waals surface area contributed by atoms with E-state index in [1.165, 1.54) is 0 Å². The Bertz CT molecular complexity index is 1340. The van der Waals surface area contributed by atoms with Crippen LogP contribution in [0.2, 0.25) is 0 Å². The summed E-state index contributed by atoms with van der Waals surface area (Å²) >= 11 is 0. The minimum absolute atomic E-state index is 0.00330. The standard InChI is InChI=1S/C21H25F3N4O3S.C2HF3O2/c1-21(3-4-21)32(29,30)28-10-12-9-27(11-19(12)26-28)13-2-5-31-20(18(25)6-13)14-7-16(23)17(24)8-15(14)22;3-2(4,5)1(6)7/h7-8,10,13,18,20H,2-6,9,11,25H2,1H3;(H,6,7)/t13-,18+,20-;/m1./s1. The molecule has 1 aromatic heterocycles. The number of nitrogens with two attached hydrogens (primary N) is 1. The van der Waals surface area contributed by atoms with Crippen LogP contribution in [0.3, 0.4) is 0 Å². The number of benzene rings is 1. The van der Waals surface area contributed by atoms with E-state index in [4.69, 9.17) is 20.4 Å². The van der Waals surface area contributed by atoms with Gasteiger partial charge in [-0.25, -0.2) is 26.4 Å². The molecule has 3 N–H and O–H groups in total. The monoisotopic (exact) mass is 584 g/mol. The first-order chi connectivity index (χ1) is 18.0. The third kappa shape index (κ3) is 5.93. The van der Waals surface area contributed by atoms with Crippen LogP contribution in [-0.4, -0.2) is 63.2 Å². The number of aromatic nitrogens is 2. The van der Waals surface area contributed by atoms with Gasteiger partial charge in [-0.05, 0) is 38.7 Å². The molecule has 3 aliphatic rings. The van der Waals surface area contributed by atoms with E-state index in [2.05, 4.69) is 10.00 Å². The average molecular weight is 585 g/mol. The SMILES string of the molecule is CC1(S(=O)(=O)n2cc3c(n2)CN([C@@H]2CCO[C@H](c4cc(F)c(F)cc4F)[C@@H](N)C2)C3)CC1.O=C(O)C(F)(F)F. The smallest absolute Gasteiger partial charge is 0.475 e. The first kappa shape index (κ1) is 29.3. The van der Waals surface area contributed by atoms with E-state index in [-0.39, 0.29) is 18.2 Å². The molecule has 0 amide bonds. The number of nitrogens with zero attached hydrogens (tertiary/aromatic N) is 3. The van der Waals surface area contributed by atoms with Crippen LogP contribution in [-0.2, 0) is 32.6 Å². The summed E-state index contributed by atoms with van der Waals surface area (Å²) in [5.41, 5.74) is 7.81. The van der Waals surface area contributed by atoms with Crippen LogP contribution in [0.25, 0.3) is 0 Å². The Morgan fingerprint density at radius 3 is 2.33 bits per heavy atom. The maximum absolute atomic E-state index is 14.3. The lowest BCUT2D eigenvalue weighted by molar-refractivity contribution is -0.192. The largest absolute Gasteiger partial charge is 0.490 e. The molecule has 16 heteroatoms. The second-order valence-corrected chi connectivity index (χ2v) is 12.4. The lowest BCUT2D eigenvalue weighted by Crippen LogP contribution is -2.38. The molecule has 0 bridgehead atoms. The number of alkyl halides is 3. The van der Waals surface area contributed by atoms with E-state index in [0.717, 1.165) is 21.4 Å². The normalized spacial score (nSPS) is 24.9. The van der Waals surface area contributed by atoms with Crippen molar-refractivity contribution in [2.45, 2.75) is 74.8 Å². The summed E-state index contributed by atoms with van der Waals surface area (Å²) in [4.78, 5) is 11.0. The highest BCUT2D eigenvalue weighted by Gasteiger charge is 2.52. The molecular formula is C23H26F6N4O5S. The molecule has 5 rings (SSSR count). The summed E-state index contributed by atoms with van der Waals surface area (Å²) in [6, 6.07) is 0.704. The molecule has 3 atom stereocenters. The van der Waals surface area contributed by atoms with Crippen LogP contribution >= 0.6 is 0 Å². The van der Waals surface area contributed by atoms with Crippen molar-refractivity contribution in [3.63, 3.8) is 0 Å². The fourth-order valence-electron chi connectivity index (χ4n) is 4.61. The van der Waals surface area contributed by atoms with Gasteiger partial charge in [-0.2, -0.15) is 22.4 Å². The fraction of sp³-hybridized carbons (Fsp3) is 0.565. The topological polar surface area (TPSA) is 128 Å². The Morgan fingerprint density at radius 1 is 1.15 bits per heavy atom. The zero-order chi connectivity index (χ0) is 28.9. The quantitative estimate of drug-likeness (QED) is 0.414. The molecule has 0 spiro atoms. The van der Waals surface area contributed by atoms with E-state index in [9.17, 15) is 34.8 Å². The van der Waals surface area contributed by atoms with E-state index >= 15 is 0 Å². The molecule has 216 valence electrons. The molecular weight excluding hydrogens is 558 g/mol. The molecule has 1 aromatic carbocycles. The highest BCUT2D eigenvalue weighted by Crippen LogP contribution is 2.44. The molecule has 0 unspecified atom stereocenters. The summed E-state index contributed by atoms with van der Waals surface area (Å²) in [6.45, 7) is 3.03. The molecule has 1 aliphatic carbocycles. The number of aliphatic carboxylic acids is 1. The van der Waals surface area contributed by atoms with Crippen LogP contribution in [0.1, 0.15) is 55.5 Å². The minimum atomic E-state index is -5.08. The Labute approximate surface area is 219 Å². The zero-order valence-electron chi connectivity index (χ0n) is 20.6. The van der Waals surface area contributed by atoms with E-state index < -0.39 is 56.5 Å². The van der Waals surface area contributed by atoms with Gasteiger partial charge < -0.3 is 15.6 Å². The lowest BCUT2D eigenvalue weighted by atomic mass is 9.96. The van der Waals surface area contributed by atoms with Crippen molar-refractivity contribution in [2.75, 3.05) is 6.61 Å². The number of fused-ring (bicyclic) bond motifs is 1. The number of halogens is 6. The van der Waals surface area contributed by atoms with Crippen molar-refractivity contribution in [2.24, 2.45) is 5.73 Å². The van der Waals surface area contributed by atoms with Crippen LogP contribution in [0.5, 0.6) is 0 Å². The van der Waals surface area contributed by atoms with Gasteiger partial charge in [-0.3, -0.25) is 4.90 Å². The molecule has 2 aliphatic heterocycles. The van der Waals surface area contributed by atoms with Crippen LogP contribution in [0.4, 0.5) is 26.3 Å². The number of carboxylic acid groups (broad SMARTS) is 1. The number of carbonyl (C=O) groups is 1. The van der Waals surface area contributed by atoms with Crippen molar-refractivity contribution in [3.05, 3.63) is 52.6 Å². The third-order valence-electron chi connectivity index (χ3n) is 7.19. The zero-order valence-corrected chi connectivity index (χ0v) is 21.4. The van der Waals surface area contributed by atoms with Gasteiger partial charge in [0, 0.05) is 55.2 Å². The number of ether oxygens (including phenoxy) is 1. The average Bonchev–Trinajstić information content (AvgIpc) is 3.35. The van der Waals surface area contributed by atoms with Crippen molar-refractivity contribution < 1.29 is 49.4 Å². The Morgan fingerprint density at radius 2 is 1.77 bits per heavy atom. The van der Waals surface area contributed by atoms with Gasteiger partial charge in [0.05, 0.1) is 10.4 Å². The van der Waals surface area contributed by atoms with Gasteiger partial charge in [0.25, 0.3) is 10.0 Å². The predicted molar refractivity (Wildman–Crippen MR) is 123 cm³/mol. The summed E-state index contributed by atoms with van der Waals surface area (Å²) in [5, 5.41) is 11.5. The molecule has 39 heavy (non-hydrogen) atoms. The Balaban J connectivity index is 0.000000448. The van der Waals surface area contributed by atoms with Crippen LogP contribution in [0.15, 0.2) is 18.3 Å². The summed E-state index contributed by atoms with van der Waals surface area (Å²) in [5.74, 6) is -6.04. The molecule has 9 nitrogen and oxygen atoms in total. The van der Waals surface area contributed by atoms with Crippen molar-refractivity contribution in [1.29, 1.82) is 0 Å². The van der Waals surface area contributed by atoms with Crippen LogP contribution in [0, 0.1) is 17.5 Å². The molecule has 3 heterocycles. The van der Waals surface area contributed by atoms with Gasteiger partial charge in [0.2, 0.25) is 0 Å². The predicted octanol–water partition coefficient (Wildman–Crippen LogP) is 3.23. The second kappa shape index (κ2) is 10.4. The van der Waals surface area contributed by atoms with E-state index in [0.29, 0.717) is 44.8 Å². The van der Waals surface area contributed by atoms with Gasteiger partial charge in [-0.15, -0.1) is 0 Å². The molecule has 2 fully saturated rings. The van der Waals surface area contributed by atoms with Gasteiger partial charge in [0.15, 0.2) is 11.6 Å². The Hall–Kier alpha value is -2.69. The maximum Gasteiger partial charge on any atom is 0.490 e. The maximum atomic E-state index is 14.3. The summed E-state index contributed by atoms with van der Waals surface area (Å²) in [6.07, 6.45) is -1.99. The number of rotatable bonds is 4. The van der Waals surface area contributed by atoms with Gasteiger partial charge >= 0.3 is 12.1 Å². The van der Waals surface area contributed by atoms with E-state index in [1.54, 1.807) is 13.1 Å². The summed E-state index contributed by atoms with van der Waals surface area (Å²) < 4.78 is 105. The second-order valence-electron chi connectivity index (χ2n) is 10.1. The summed E-state index contributed by atoms with van der Waals surface area (Å²) in [7, 11) is -3.49. The minimum Gasteiger partial charge on any atom is -0.475 e. The van der Waals surface area contributed by atoms with E-state index in [1.807, 2.05) is 0 Å². The number of carboxylic acids is 1. The lowest BCUT2D eigenvalue weighted by Gasteiger charge is -2.28. The van der Waals surface area contributed by atoms with Gasteiger partial charge in [-0.1, -0.05) is 0 Å². The number of hydrogen-bond acceptors (Lipinski definition) is 7. The Kier molecular flexibility index (Phi) is 7.79. The first-order valence-corrected chi connectivity index (χ1v) is 13.4. The third-order valence-corrected chi connectivity index (χ3v) is 9.53. The number of hydrogen-bond donors (Lipinski definition) is 2. The highest BCUT2D eigenvalue weighted by molar-refractivity contribution is 7.91. The van der Waals surface area contributed by atoms with Crippen molar-refractivity contribution in [3.8, 4) is 0 Å².